The molecule has 1 aromatic rings. The largest absolute Gasteiger partial charge is 0.478 e. The van der Waals surface area contributed by atoms with Gasteiger partial charge in [-0.3, -0.25) is 0 Å². The predicted molar refractivity (Wildman–Crippen MR) is 65.4 cm³/mol. The summed E-state index contributed by atoms with van der Waals surface area (Å²) in [6, 6.07) is 5.16. The SMILES string of the molecule is Cc1ccc(C(=O)O)c(NCC2(O)CCC2)c1. The van der Waals surface area contributed by atoms with Crippen LogP contribution in [-0.2, 0) is 0 Å². The fourth-order valence-corrected chi connectivity index (χ4v) is 2.01. The summed E-state index contributed by atoms with van der Waals surface area (Å²) in [6.07, 6.45) is 2.61. The molecule has 1 saturated carbocycles. The third-order valence-corrected chi connectivity index (χ3v) is 3.30. The lowest BCUT2D eigenvalue weighted by Gasteiger charge is -2.37. The highest BCUT2D eigenvalue weighted by atomic mass is 16.4. The van der Waals surface area contributed by atoms with Crippen molar-refractivity contribution in [2.24, 2.45) is 0 Å². The topological polar surface area (TPSA) is 69.6 Å². The summed E-state index contributed by atoms with van der Waals surface area (Å²) in [5.74, 6) is -0.951. The lowest BCUT2D eigenvalue weighted by molar-refractivity contribution is -0.0202. The third kappa shape index (κ3) is 2.58. The number of benzene rings is 1. The smallest absolute Gasteiger partial charge is 0.337 e. The number of aromatic carboxylic acids is 1. The summed E-state index contributed by atoms with van der Waals surface area (Å²) >= 11 is 0. The lowest BCUT2D eigenvalue weighted by atomic mass is 9.80. The van der Waals surface area contributed by atoms with E-state index in [1.54, 1.807) is 18.2 Å². The standard InChI is InChI=1S/C13H17NO3/c1-9-3-4-10(12(15)16)11(7-9)14-8-13(17)5-2-6-13/h3-4,7,14,17H,2,5-6,8H2,1H3,(H,15,16). The molecule has 0 atom stereocenters. The summed E-state index contributed by atoms with van der Waals surface area (Å²) in [5, 5.41) is 22.1. The molecular formula is C13H17NO3. The molecule has 4 heteroatoms. The number of aliphatic hydroxyl groups is 1. The van der Waals surface area contributed by atoms with Gasteiger partial charge in [-0.1, -0.05) is 6.07 Å². The molecule has 1 aliphatic rings. The monoisotopic (exact) mass is 235 g/mol. The number of rotatable bonds is 4. The van der Waals surface area contributed by atoms with Crippen LogP contribution in [0.25, 0.3) is 0 Å². The normalized spacial score (nSPS) is 17.3. The fraction of sp³-hybridized carbons (Fsp3) is 0.462. The van der Waals surface area contributed by atoms with Crippen molar-refractivity contribution in [1.29, 1.82) is 0 Å². The molecular weight excluding hydrogens is 218 g/mol. The number of hydrogen-bond acceptors (Lipinski definition) is 3. The Hall–Kier alpha value is -1.55. The first kappa shape index (κ1) is 11.9. The number of nitrogens with one attached hydrogen (secondary N) is 1. The Morgan fingerprint density at radius 1 is 1.47 bits per heavy atom. The maximum atomic E-state index is 11.0. The van der Waals surface area contributed by atoms with Gasteiger partial charge in [0.1, 0.15) is 0 Å². The number of hydrogen-bond donors (Lipinski definition) is 3. The second-order valence-electron chi connectivity index (χ2n) is 4.79. The molecule has 0 unspecified atom stereocenters. The fourth-order valence-electron chi connectivity index (χ4n) is 2.01. The highest BCUT2D eigenvalue weighted by Crippen LogP contribution is 2.32. The van der Waals surface area contributed by atoms with Gasteiger partial charge in [0, 0.05) is 12.2 Å². The van der Waals surface area contributed by atoms with E-state index in [1.807, 2.05) is 6.92 Å². The van der Waals surface area contributed by atoms with Crippen molar-refractivity contribution in [3.05, 3.63) is 29.3 Å². The van der Waals surface area contributed by atoms with Crippen LogP contribution in [0.3, 0.4) is 0 Å². The second-order valence-corrected chi connectivity index (χ2v) is 4.79. The van der Waals surface area contributed by atoms with E-state index in [2.05, 4.69) is 5.32 Å². The summed E-state index contributed by atoms with van der Waals surface area (Å²) in [6.45, 7) is 2.33. The summed E-state index contributed by atoms with van der Waals surface area (Å²) in [5.41, 5.74) is 1.17. The minimum atomic E-state index is -0.951. The molecule has 1 fully saturated rings. The Labute approximate surface area is 100 Å². The van der Waals surface area contributed by atoms with Crippen molar-refractivity contribution in [3.8, 4) is 0 Å². The van der Waals surface area contributed by atoms with Gasteiger partial charge in [-0.15, -0.1) is 0 Å². The zero-order chi connectivity index (χ0) is 12.5. The van der Waals surface area contributed by atoms with Crippen molar-refractivity contribution >= 4 is 11.7 Å². The number of carboxylic acid groups (broad SMARTS) is 1. The van der Waals surface area contributed by atoms with E-state index >= 15 is 0 Å². The molecule has 17 heavy (non-hydrogen) atoms. The van der Waals surface area contributed by atoms with Gasteiger partial charge in [0.15, 0.2) is 0 Å². The number of anilines is 1. The average molecular weight is 235 g/mol. The Balaban J connectivity index is 2.13. The van der Waals surface area contributed by atoms with Crippen LogP contribution in [0.4, 0.5) is 5.69 Å². The van der Waals surface area contributed by atoms with Crippen molar-refractivity contribution in [2.75, 3.05) is 11.9 Å². The van der Waals surface area contributed by atoms with Crippen LogP contribution in [-0.4, -0.2) is 28.3 Å². The molecule has 3 N–H and O–H groups in total. The van der Waals surface area contributed by atoms with E-state index in [9.17, 15) is 9.90 Å². The Morgan fingerprint density at radius 3 is 2.71 bits per heavy atom. The molecule has 0 bridgehead atoms. The van der Waals surface area contributed by atoms with E-state index in [0.29, 0.717) is 12.2 Å². The summed E-state index contributed by atoms with van der Waals surface area (Å²) in [7, 11) is 0. The molecule has 0 radical (unpaired) electrons. The van der Waals surface area contributed by atoms with Gasteiger partial charge in [-0.2, -0.15) is 0 Å². The Kier molecular flexibility index (Phi) is 3.07. The number of aryl methyl sites for hydroxylation is 1. The van der Waals surface area contributed by atoms with Crippen LogP contribution in [0.1, 0.15) is 35.2 Å². The van der Waals surface area contributed by atoms with E-state index < -0.39 is 11.6 Å². The zero-order valence-electron chi connectivity index (χ0n) is 9.86. The number of carboxylic acids is 1. The van der Waals surface area contributed by atoms with E-state index in [1.165, 1.54) is 0 Å². The van der Waals surface area contributed by atoms with Gasteiger partial charge in [-0.05, 0) is 43.9 Å². The van der Waals surface area contributed by atoms with Gasteiger partial charge in [0.05, 0.1) is 11.2 Å². The molecule has 0 aromatic heterocycles. The Bertz CT molecular complexity index is 438. The maximum absolute atomic E-state index is 11.0. The lowest BCUT2D eigenvalue weighted by Crippen LogP contribution is -2.43. The maximum Gasteiger partial charge on any atom is 0.337 e. The summed E-state index contributed by atoms with van der Waals surface area (Å²) < 4.78 is 0. The van der Waals surface area contributed by atoms with Gasteiger partial charge in [-0.25, -0.2) is 4.79 Å². The summed E-state index contributed by atoms with van der Waals surface area (Å²) in [4.78, 5) is 11.0. The molecule has 2 rings (SSSR count). The van der Waals surface area contributed by atoms with Crippen molar-refractivity contribution < 1.29 is 15.0 Å². The molecule has 0 saturated heterocycles. The highest BCUT2D eigenvalue weighted by molar-refractivity contribution is 5.94. The number of carbonyl (C=O) groups is 1. The molecule has 0 aliphatic heterocycles. The van der Waals surface area contributed by atoms with Crippen molar-refractivity contribution in [1.82, 2.24) is 0 Å². The molecule has 92 valence electrons. The zero-order valence-corrected chi connectivity index (χ0v) is 9.86. The van der Waals surface area contributed by atoms with Gasteiger partial charge in [0.2, 0.25) is 0 Å². The van der Waals surface area contributed by atoms with Gasteiger partial charge >= 0.3 is 5.97 Å². The van der Waals surface area contributed by atoms with Crippen LogP contribution in [0.15, 0.2) is 18.2 Å². The predicted octanol–water partition coefficient (Wildman–Crippen LogP) is 2.02. The molecule has 1 aliphatic carbocycles. The van der Waals surface area contributed by atoms with Crippen LogP contribution in [0.5, 0.6) is 0 Å². The average Bonchev–Trinajstić information content (AvgIpc) is 2.23. The molecule has 0 spiro atoms. The molecule has 4 nitrogen and oxygen atoms in total. The first-order valence-electron chi connectivity index (χ1n) is 5.80. The molecule has 0 amide bonds. The van der Waals surface area contributed by atoms with Gasteiger partial charge < -0.3 is 15.5 Å². The third-order valence-electron chi connectivity index (χ3n) is 3.30. The minimum Gasteiger partial charge on any atom is -0.478 e. The van der Waals surface area contributed by atoms with Crippen molar-refractivity contribution in [3.63, 3.8) is 0 Å². The van der Waals surface area contributed by atoms with E-state index in [-0.39, 0.29) is 5.56 Å². The second kappa shape index (κ2) is 4.37. The van der Waals surface area contributed by atoms with Crippen LogP contribution in [0.2, 0.25) is 0 Å². The van der Waals surface area contributed by atoms with Crippen molar-refractivity contribution in [2.45, 2.75) is 31.8 Å². The Morgan fingerprint density at radius 2 is 2.18 bits per heavy atom. The quantitative estimate of drug-likeness (QED) is 0.746. The minimum absolute atomic E-state index is 0.249. The van der Waals surface area contributed by atoms with E-state index in [4.69, 9.17) is 5.11 Å². The highest BCUT2D eigenvalue weighted by Gasteiger charge is 2.34. The van der Waals surface area contributed by atoms with E-state index in [0.717, 1.165) is 24.8 Å². The van der Waals surface area contributed by atoms with Gasteiger partial charge in [0.25, 0.3) is 0 Å². The molecule has 1 aromatic carbocycles. The van der Waals surface area contributed by atoms with Crippen LogP contribution in [0, 0.1) is 6.92 Å². The molecule has 0 heterocycles. The van der Waals surface area contributed by atoms with Crippen LogP contribution < -0.4 is 5.32 Å². The first-order chi connectivity index (χ1) is 8.00. The van der Waals surface area contributed by atoms with Crippen LogP contribution >= 0.6 is 0 Å². The first-order valence-corrected chi connectivity index (χ1v) is 5.80.